The second-order valence-corrected chi connectivity index (χ2v) is 5.50. The van der Waals surface area contributed by atoms with Crippen molar-refractivity contribution in [3.05, 3.63) is 24.3 Å². The van der Waals surface area contributed by atoms with Gasteiger partial charge in [-0.3, -0.25) is 0 Å². The monoisotopic (exact) mass is 254 g/mol. The molecule has 0 bridgehead atoms. The topological polar surface area (TPSA) is 52.6 Å². The van der Waals surface area contributed by atoms with Crippen molar-refractivity contribution in [1.29, 1.82) is 0 Å². The SMILES string of the molecule is C#CCS(=O)(=O)CCOc1ccc(OC)cc1. The molecule has 0 saturated carbocycles. The van der Waals surface area contributed by atoms with Gasteiger partial charge in [0.25, 0.3) is 0 Å². The zero-order valence-corrected chi connectivity index (χ0v) is 10.4. The van der Waals surface area contributed by atoms with Gasteiger partial charge in [-0.05, 0) is 24.3 Å². The van der Waals surface area contributed by atoms with Crippen molar-refractivity contribution in [1.82, 2.24) is 0 Å². The van der Waals surface area contributed by atoms with E-state index in [0.29, 0.717) is 5.75 Å². The van der Waals surface area contributed by atoms with E-state index in [4.69, 9.17) is 15.9 Å². The van der Waals surface area contributed by atoms with Crippen LogP contribution in [0.2, 0.25) is 0 Å². The maximum atomic E-state index is 11.3. The fourth-order valence-corrected chi connectivity index (χ4v) is 1.89. The summed E-state index contributed by atoms with van der Waals surface area (Å²) in [6.45, 7) is 0.0936. The van der Waals surface area contributed by atoms with Crippen molar-refractivity contribution >= 4 is 9.84 Å². The molecule has 0 atom stereocenters. The van der Waals surface area contributed by atoms with Crippen LogP contribution in [0.1, 0.15) is 0 Å². The zero-order chi connectivity index (χ0) is 12.7. The second kappa shape index (κ2) is 6.16. The largest absolute Gasteiger partial charge is 0.497 e. The fraction of sp³-hybridized carbons (Fsp3) is 0.333. The van der Waals surface area contributed by atoms with E-state index in [2.05, 4.69) is 5.92 Å². The van der Waals surface area contributed by atoms with E-state index in [-0.39, 0.29) is 18.1 Å². The average Bonchev–Trinajstić information content (AvgIpc) is 2.29. The van der Waals surface area contributed by atoms with Gasteiger partial charge in [-0.1, -0.05) is 5.92 Å². The maximum Gasteiger partial charge on any atom is 0.164 e. The minimum Gasteiger partial charge on any atom is -0.497 e. The van der Waals surface area contributed by atoms with Crippen molar-refractivity contribution in [2.75, 3.05) is 25.2 Å². The molecule has 1 aromatic rings. The van der Waals surface area contributed by atoms with E-state index in [1.165, 1.54) is 0 Å². The molecule has 1 rings (SSSR count). The molecule has 1 aromatic carbocycles. The molecule has 0 aliphatic rings. The van der Waals surface area contributed by atoms with E-state index in [0.717, 1.165) is 5.75 Å². The Morgan fingerprint density at radius 2 is 1.82 bits per heavy atom. The van der Waals surface area contributed by atoms with Crippen molar-refractivity contribution in [2.45, 2.75) is 0 Å². The van der Waals surface area contributed by atoms with E-state index in [1.54, 1.807) is 31.4 Å². The quantitative estimate of drug-likeness (QED) is 0.714. The summed E-state index contributed by atoms with van der Waals surface area (Å²) in [6, 6.07) is 6.91. The third kappa shape index (κ3) is 4.79. The van der Waals surface area contributed by atoms with Gasteiger partial charge in [0.15, 0.2) is 9.84 Å². The van der Waals surface area contributed by atoms with Gasteiger partial charge < -0.3 is 9.47 Å². The summed E-state index contributed by atoms with van der Waals surface area (Å²) in [5.74, 6) is 3.10. The van der Waals surface area contributed by atoms with Crippen molar-refractivity contribution in [2.24, 2.45) is 0 Å². The molecule has 0 spiro atoms. The zero-order valence-electron chi connectivity index (χ0n) is 9.55. The number of benzene rings is 1. The Labute approximate surface area is 101 Å². The van der Waals surface area contributed by atoms with Crippen LogP contribution < -0.4 is 9.47 Å². The first-order valence-electron chi connectivity index (χ1n) is 4.98. The molecule has 17 heavy (non-hydrogen) atoms. The molecule has 0 radical (unpaired) electrons. The van der Waals surface area contributed by atoms with E-state index < -0.39 is 9.84 Å². The van der Waals surface area contributed by atoms with Gasteiger partial charge in [-0.2, -0.15) is 0 Å². The van der Waals surface area contributed by atoms with E-state index >= 15 is 0 Å². The number of rotatable bonds is 6. The predicted octanol–water partition coefficient (Wildman–Crippen LogP) is 1.12. The molecule has 0 fully saturated rings. The Balaban J connectivity index is 2.44. The van der Waals surface area contributed by atoms with Crippen LogP contribution in [-0.2, 0) is 9.84 Å². The molecule has 0 heterocycles. The van der Waals surface area contributed by atoms with Crippen LogP contribution in [0, 0.1) is 12.3 Å². The molecular formula is C12H14O4S. The Morgan fingerprint density at radius 3 is 2.35 bits per heavy atom. The summed E-state index contributed by atoms with van der Waals surface area (Å²) in [5.41, 5.74) is 0. The van der Waals surface area contributed by atoms with Crippen LogP contribution in [-0.4, -0.2) is 33.6 Å². The van der Waals surface area contributed by atoms with Crippen LogP contribution in [0.5, 0.6) is 11.5 Å². The first-order valence-corrected chi connectivity index (χ1v) is 6.80. The summed E-state index contributed by atoms with van der Waals surface area (Å²) in [5, 5.41) is 0. The van der Waals surface area contributed by atoms with Crippen molar-refractivity contribution in [3.8, 4) is 23.8 Å². The summed E-state index contributed by atoms with van der Waals surface area (Å²) >= 11 is 0. The Kier molecular flexibility index (Phi) is 4.85. The lowest BCUT2D eigenvalue weighted by atomic mass is 10.3. The average molecular weight is 254 g/mol. The molecule has 92 valence electrons. The number of sulfone groups is 1. The smallest absolute Gasteiger partial charge is 0.164 e. The Morgan fingerprint density at radius 1 is 1.24 bits per heavy atom. The number of terminal acetylenes is 1. The van der Waals surface area contributed by atoms with E-state index in [1.807, 2.05) is 0 Å². The summed E-state index contributed by atoms with van der Waals surface area (Å²) in [7, 11) is -1.63. The predicted molar refractivity (Wildman–Crippen MR) is 66.0 cm³/mol. The molecule has 0 N–H and O–H groups in total. The van der Waals surface area contributed by atoms with Crippen molar-refractivity contribution in [3.63, 3.8) is 0 Å². The fourth-order valence-electron chi connectivity index (χ4n) is 1.16. The second-order valence-electron chi connectivity index (χ2n) is 3.32. The van der Waals surface area contributed by atoms with Crippen LogP contribution in [0.15, 0.2) is 24.3 Å². The van der Waals surface area contributed by atoms with Gasteiger partial charge in [0, 0.05) is 0 Å². The third-order valence-electron chi connectivity index (χ3n) is 2.03. The molecule has 0 aromatic heterocycles. The van der Waals surface area contributed by atoms with Crippen molar-refractivity contribution < 1.29 is 17.9 Å². The molecule has 0 saturated heterocycles. The molecule has 0 aliphatic carbocycles. The molecular weight excluding hydrogens is 240 g/mol. The maximum absolute atomic E-state index is 11.3. The molecule has 0 aliphatic heterocycles. The van der Waals surface area contributed by atoms with Crippen LogP contribution in [0.4, 0.5) is 0 Å². The minimum absolute atomic E-state index is 0.0801. The number of methoxy groups -OCH3 is 1. The van der Waals surface area contributed by atoms with Gasteiger partial charge in [-0.25, -0.2) is 8.42 Å². The molecule has 4 nitrogen and oxygen atoms in total. The number of ether oxygens (including phenoxy) is 2. The van der Waals surface area contributed by atoms with Gasteiger partial charge in [0.1, 0.15) is 23.9 Å². The number of hydrogen-bond donors (Lipinski definition) is 0. The highest BCUT2D eigenvalue weighted by Crippen LogP contribution is 2.16. The summed E-state index contributed by atoms with van der Waals surface area (Å²) in [4.78, 5) is 0. The highest BCUT2D eigenvalue weighted by molar-refractivity contribution is 7.91. The third-order valence-corrected chi connectivity index (χ3v) is 3.42. The highest BCUT2D eigenvalue weighted by atomic mass is 32.2. The van der Waals surface area contributed by atoms with Crippen LogP contribution in [0.3, 0.4) is 0 Å². The highest BCUT2D eigenvalue weighted by Gasteiger charge is 2.08. The normalized spacial score (nSPS) is 10.6. The first-order chi connectivity index (χ1) is 8.07. The molecule has 0 amide bonds. The minimum atomic E-state index is -3.20. The van der Waals surface area contributed by atoms with Gasteiger partial charge in [0.2, 0.25) is 0 Å². The van der Waals surface area contributed by atoms with Crippen LogP contribution >= 0.6 is 0 Å². The standard InChI is InChI=1S/C12H14O4S/c1-3-9-17(13,14)10-8-16-12-6-4-11(15-2)5-7-12/h1,4-7H,8-10H2,2H3. The Hall–Kier alpha value is -1.67. The molecule has 5 heteroatoms. The van der Waals surface area contributed by atoms with Gasteiger partial charge >= 0.3 is 0 Å². The Bertz CT molecular complexity index is 482. The lowest BCUT2D eigenvalue weighted by molar-refractivity contribution is 0.339. The van der Waals surface area contributed by atoms with Gasteiger partial charge in [-0.15, -0.1) is 6.42 Å². The molecule has 0 unspecified atom stereocenters. The first kappa shape index (κ1) is 13.4. The summed E-state index contributed by atoms with van der Waals surface area (Å²) < 4.78 is 32.8. The summed E-state index contributed by atoms with van der Waals surface area (Å²) in [6.07, 6.45) is 4.95. The van der Waals surface area contributed by atoms with Crippen LogP contribution in [0.25, 0.3) is 0 Å². The lowest BCUT2D eigenvalue weighted by Gasteiger charge is -2.06. The number of hydrogen-bond acceptors (Lipinski definition) is 4. The van der Waals surface area contributed by atoms with Gasteiger partial charge in [0.05, 0.1) is 12.9 Å². The lowest BCUT2D eigenvalue weighted by Crippen LogP contribution is -2.16. The van der Waals surface area contributed by atoms with E-state index in [9.17, 15) is 8.42 Å².